The van der Waals surface area contributed by atoms with E-state index in [1.54, 1.807) is 0 Å². The lowest BCUT2D eigenvalue weighted by molar-refractivity contribution is -0.137. The van der Waals surface area contributed by atoms with Crippen molar-refractivity contribution < 1.29 is 22.8 Å². The zero-order valence-corrected chi connectivity index (χ0v) is 14.8. The number of hydrogen-bond acceptors (Lipinski definition) is 3. The molecule has 26 heavy (non-hydrogen) atoms. The number of halogens is 3. The molecule has 1 aliphatic rings. The van der Waals surface area contributed by atoms with Gasteiger partial charge < -0.3 is 11.1 Å². The van der Waals surface area contributed by atoms with Gasteiger partial charge in [0.25, 0.3) is 11.8 Å². The van der Waals surface area contributed by atoms with E-state index in [1.807, 2.05) is 0 Å². The van der Waals surface area contributed by atoms with Crippen LogP contribution in [-0.4, -0.2) is 11.8 Å². The van der Waals surface area contributed by atoms with Crippen molar-refractivity contribution in [2.45, 2.75) is 32.4 Å². The van der Waals surface area contributed by atoms with Gasteiger partial charge in [0.2, 0.25) is 0 Å². The molecule has 1 aromatic heterocycles. The summed E-state index contributed by atoms with van der Waals surface area (Å²) in [6.07, 6.45) is -2.32. The molecule has 1 unspecified atom stereocenters. The molecule has 138 valence electrons. The molecule has 0 aliphatic heterocycles. The number of fused-ring (bicyclic) bond motifs is 1. The number of thiophene rings is 1. The number of anilines is 1. The van der Waals surface area contributed by atoms with Crippen LogP contribution in [0.4, 0.5) is 18.2 Å². The molecule has 3 N–H and O–H groups in total. The number of amides is 2. The third-order valence-corrected chi connectivity index (χ3v) is 5.63. The third kappa shape index (κ3) is 3.46. The van der Waals surface area contributed by atoms with Crippen LogP contribution in [0.3, 0.4) is 0 Å². The van der Waals surface area contributed by atoms with E-state index in [2.05, 4.69) is 12.2 Å². The fraction of sp³-hybridized carbons (Fsp3) is 0.333. The highest BCUT2D eigenvalue weighted by Crippen LogP contribution is 2.40. The van der Waals surface area contributed by atoms with E-state index in [1.165, 1.54) is 23.5 Å². The van der Waals surface area contributed by atoms with E-state index in [9.17, 15) is 22.8 Å². The molecule has 0 radical (unpaired) electrons. The zero-order valence-electron chi connectivity index (χ0n) is 13.9. The average molecular weight is 382 g/mol. The highest BCUT2D eigenvalue weighted by Gasteiger charge is 2.35. The highest BCUT2D eigenvalue weighted by molar-refractivity contribution is 7.17. The van der Waals surface area contributed by atoms with Crippen LogP contribution in [-0.2, 0) is 19.0 Å². The molecule has 1 heterocycles. The first-order valence-corrected chi connectivity index (χ1v) is 8.92. The quantitative estimate of drug-likeness (QED) is 0.833. The van der Waals surface area contributed by atoms with Gasteiger partial charge in [-0.3, -0.25) is 9.59 Å². The van der Waals surface area contributed by atoms with E-state index in [0.717, 1.165) is 35.4 Å². The van der Waals surface area contributed by atoms with Gasteiger partial charge in [0.15, 0.2) is 0 Å². The Bertz CT molecular complexity index is 874. The van der Waals surface area contributed by atoms with E-state index >= 15 is 0 Å². The van der Waals surface area contributed by atoms with Crippen LogP contribution in [0.1, 0.15) is 50.1 Å². The third-order valence-electron chi connectivity index (χ3n) is 4.46. The first kappa shape index (κ1) is 18.4. The van der Waals surface area contributed by atoms with E-state index < -0.39 is 29.1 Å². The topological polar surface area (TPSA) is 72.2 Å². The molecule has 2 aromatic rings. The Hall–Kier alpha value is -2.35. The monoisotopic (exact) mass is 382 g/mol. The number of carbonyl (C=O) groups excluding carboxylic acids is 2. The fourth-order valence-corrected chi connectivity index (χ4v) is 4.61. The molecule has 3 rings (SSSR count). The second-order valence-electron chi connectivity index (χ2n) is 6.42. The lowest BCUT2D eigenvalue weighted by atomic mass is 9.88. The Kier molecular flexibility index (Phi) is 4.79. The van der Waals surface area contributed by atoms with E-state index in [0.29, 0.717) is 12.3 Å². The number of alkyl halides is 3. The van der Waals surface area contributed by atoms with Crippen LogP contribution in [0.25, 0.3) is 0 Å². The summed E-state index contributed by atoms with van der Waals surface area (Å²) in [6, 6.07) is 4.54. The minimum Gasteiger partial charge on any atom is -0.365 e. The molecule has 0 saturated heterocycles. The van der Waals surface area contributed by atoms with Crippen LogP contribution in [0, 0.1) is 5.92 Å². The van der Waals surface area contributed by atoms with Gasteiger partial charge in [-0.1, -0.05) is 19.1 Å². The number of primary amides is 1. The predicted octanol–water partition coefficient (Wildman–Crippen LogP) is 4.24. The smallest absolute Gasteiger partial charge is 0.365 e. The maximum atomic E-state index is 13.1. The maximum Gasteiger partial charge on any atom is 0.417 e. The number of nitrogens with one attached hydrogen (secondary N) is 1. The van der Waals surface area contributed by atoms with Gasteiger partial charge in [-0.05, 0) is 42.9 Å². The molecule has 0 spiro atoms. The van der Waals surface area contributed by atoms with Crippen LogP contribution in [0.15, 0.2) is 24.3 Å². The minimum absolute atomic E-state index is 0.217. The summed E-state index contributed by atoms with van der Waals surface area (Å²) in [5.74, 6) is -1.15. The van der Waals surface area contributed by atoms with Crippen LogP contribution in [0.2, 0.25) is 0 Å². The van der Waals surface area contributed by atoms with Crippen molar-refractivity contribution in [2.75, 3.05) is 5.32 Å². The van der Waals surface area contributed by atoms with Gasteiger partial charge in [-0.15, -0.1) is 11.3 Å². The van der Waals surface area contributed by atoms with Crippen molar-refractivity contribution in [3.05, 3.63) is 51.4 Å². The molecule has 4 nitrogen and oxygen atoms in total. The molecule has 0 saturated carbocycles. The SMILES string of the molecule is CC1CCc2c(sc(NC(=O)c3ccccc3C(F)(F)F)c2C(N)=O)C1. The van der Waals surface area contributed by atoms with Gasteiger partial charge in [0.1, 0.15) is 5.00 Å². The zero-order chi connectivity index (χ0) is 19.1. The molecular weight excluding hydrogens is 365 g/mol. The molecule has 2 amide bonds. The summed E-state index contributed by atoms with van der Waals surface area (Å²) >= 11 is 1.22. The molecule has 0 bridgehead atoms. The van der Waals surface area contributed by atoms with E-state index in [4.69, 9.17) is 5.73 Å². The van der Waals surface area contributed by atoms with Gasteiger partial charge in [-0.2, -0.15) is 13.2 Å². The summed E-state index contributed by atoms with van der Waals surface area (Å²) in [5, 5.41) is 2.69. The number of nitrogens with two attached hydrogens (primary N) is 1. The fourth-order valence-electron chi connectivity index (χ4n) is 3.20. The number of benzene rings is 1. The first-order chi connectivity index (χ1) is 12.2. The number of rotatable bonds is 3. The Morgan fingerprint density at radius 1 is 1.27 bits per heavy atom. The molecular formula is C18H17F3N2O2S. The van der Waals surface area contributed by atoms with Crippen molar-refractivity contribution in [1.82, 2.24) is 0 Å². The first-order valence-electron chi connectivity index (χ1n) is 8.10. The van der Waals surface area contributed by atoms with Gasteiger partial charge in [-0.25, -0.2) is 0 Å². The summed E-state index contributed by atoms with van der Waals surface area (Å²) in [6.45, 7) is 2.09. The van der Waals surface area contributed by atoms with Crippen molar-refractivity contribution in [1.29, 1.82) is 0 Å². The summed E-state index contributed by atoms with van der Waals surface area (Å²) < 4.78 is 39.4. The molecule has 0 fully saturated rings. The number of carbonyl (C=O) groups is 2. The summed E-state index contributed by atoms with van der Waals surface area (Å²) in [4.78, 5) is 25.3. The Morgan fingerprint density at radius 3 is 2.62 bits per heavy atom. The predicted molar refractivity (Wildman–Crippen MR) is 93.4 cm³/mol. The van der Waals surface area contributed by atoms with Gasteiger partial charge in [0, 0.05) is 4.88 Å². The Balaban J connectivity index is 1.98. The molecule has 1 aliphatic carbocycles. The number of hydrogen-bond donors (Lipinski definition) is 2. The van der Waals surface area contributed by atoms with Crippen molar-refractivity contribution in [3.63, 3.8) is 0 Å². The van der Waals surface area contributed by atoms with Gasteiger partial charge >= 0.3 is 6.18 Å². The van der Waals surface area contributed by atoms with Gasteiger partial charge in [0.05, 0.1) is 16.7 Å². The minimum atomic E-state index is -4.65. The van der Waals surface area contributed by atoms with Crippen LogP contribution >= 0.6 is 11.3 Å². The van der Waals surface area contributed by atoms with Crippen molar-refractivity contribution >= 4 is 28.2 Å². The lowest BCUT2D eigenvalue weighted by Crippen LogP contribution is -2.21. The Morgan fingerprint density at radius 2 is 1.96 bits per heavy atom. The largest absolute Gasteiger partial charge is 0.417 e. The van der Waals surface area contributed by atoms with Crippen LogP contribution < -0.4 is 11.1 Å². The maximum absolute atomic E-state index is 13.1. The second-order valence-corrected chi connectivity index (χ2v) is 7.52. The van der Waals surface area contributed by atoms with Crippen LogP contribution in [0.5, 0.6) is 0 Å². The van der Waals surface area contributed by atoms with E-state index in [-0.39, 0.29) is 10.6 Å². The second kappa shape index (κ2) is 6.75. The standard InChI is InChI=1S/C18H17F3N2O2S/c1-9-6-7-11-13(8-9)26-17(14(11)15(22)24)23-16(25)10-4-2-3-5-12(10)18(19,20)21/h2-5,9H,6-8H2,1H3,(H2,22,24)(H,23,25). The normalized spacial score (nSPS) is 16.8. The summed E-state index contributed by atoms with van der Waals surface area (Å²) in [5.41, 5.74) is 4.98. The summed E-state index contributed by atoms with van der Waals surface area (Å²) in [7, 11) is 0. The molecule has 8 heteroatoms. The lowest BCUT2D eigenvalue weighted by Gasteiger charge is -2.18. The Labute approximate surface area is 152 Å². The van der Waals surface area contributed by atoms with Crippen molar-refractivity contribution in [3.8, 4) is 0 Å². The average Bonchev–Trinajstić information content (AvgIpc) is 2.90. The highest BCUT2D eigenvalue weighted by atomic mass is 32.1. The molecule has 1 atom stereocenters. The molecule has 1 aromatic carbocycles. The van der Waals surface area contributed by atoms with Crippen molar-refractivity contribution in [2.24, 2.45) is 11.7 Å².